The van der Waals surface area contributed by atoms with E-state index in [0.29, 0.717) is 5.82 Å². The SMILES string of the molecule is CCCCCC(N)c1nn[nH]n1. The molecule has 12 heavy (non-hydrogen) atoms. The lowest BCUT2D eigenvalue weighted by Crippen LogP contribution is -2.11. The van der Waals surface area contributed by atoms with E-state index in [2.05, 4.69) is 27.5 Å². The van der Waals surface area contributed by atoms with Crippen molar-refractivity contribution in [3.63, 3.8) is 0 Å². The number of aromatic amines is 1. The van der Waals surface area contributed by atoms with E-state index in [4.69, 9.17) is 5.73 Å². The average Bonchev–Trinajstić information content (AvgIpc) is 2.56. The number of hydrogen-bond acceptors (Lipinski definition) is 4. The zero-order valence-electron chi connectivity index (χ0n) is 7.32. The molecule has 0 aromatic carbocycles. The highest BCUT2D eigenvalue weighted by molar-refractivity contribution is 4.85. The van der Waals surface area contributed by atoms with Gasteiger partial charge in [0.2, 0.25) is 0 Å². The lowest BCUT2D eigenvalue weighted by atomic mass is 10.1. The van der Waals surface area contributed by atoms with Crippen molar-refractivity contribution in [2.24, 2.45) is 5.73 Å². The van der Waals surface area contributed by atoms with Crippen LogP contribution in [0.25, 0.3) is 0 Å². The number of nitrogens with two attached hydrogens (primary N) is 1. The van der Waals surface area contributed by atoms with Crippen molar-refractivity contribution in [3.8, 4) is 0 Å². The third-order valence-electron chi connectivity index (χ3n) is 1.81. The minimum Gasteiger partial charge on any atom is -0.321 e. The van der Waals surface area contributed by atoms with Gasteiger partial charge in [-0.05, 0) is 6.42 Å². The molecule has 0 aliphatic rings. The van der Waals surface area contributed by atoms with Crippen LogP contribution in [0.15, 0.2) is 0 Å². The van der Waals surface area contributed by atoms with Gasteiger partial charge in [0.05, 0.1) is 6.04 Å². The van der Waals surface area contributed by atoms with Crippen LogP contribution in [0.5, 0.6) is 0 Å². The fourth-order valence-corrected chi connectivity index (χ4v) is 1.07. The molecule has 1 aromatic rings. The molecule has 0 saturated heterocycles. The number of unbranched alkanes of at least 4 members (excludes halogenated alkanes) is 2. The van der Waals surface area contributed by atoms with Crippen LogP contribution in [-0.2, 0) is 0 Å². The molecular formula is C7H15N5. The minimum atomic E-state index is -0.0599. The Morgan fingerprint density at radius 1 is 1.50 bits per heavy atom. The Balaban J connectivity index is 2.25. The first kappa shape index (κ1) is 9.12. The monoisotopic (exact) mass is 169 g/mol. The summed E-state index contributed by atoms with van der Waals surface area (Å²) in [6, 6.07) is -0.0599. The molecular weight excluding hydrogens is 154 g/mol. The van der Waals surface area contributed by atoms with Crippen molar-refractivity contribution in [2.45, 2.75) is 38.6 Å². The highest BCUT2D eigenvalue weighted by Gasteiger charge is 2.09. The van der Waals surface area contributed by atoms with Crippen molar-refractivity contribution in [3.05, 3.63) is 5.82 Å². The van der Waals surface area contributed by atoms with E-state index in [1.54, 1.807) is 0 Å². The quantitative estimate of drug-likeness (QED) is 0.638. The second-order valence-corrected chi connectivity index (χ2v) is 2.87. The maximum absolute atomic E-state index is 5.80. The van der Waals surface area contributed by atoms with Gasteiger partial charge in [-0.25, -0.2) is 0 Å². The standard InChI is InChI=1S/C7H15N5/c1-2-3-4-5-6(8)7-9-11-12-10-7/h6H,2-5,8H2,1H3,(H,9,10,11,12). The second kappa shape index (κ2) is 4.82. The second-order valence-electron chi connectivity index (χ2n) is 2.87. The molecule has 1 heterocycles. The normalized spacial score (nSPS) is 13.2. The van der Waals surface area contributed by atoms with Gasteiger partial charge in [-0.2, -0.15) is 5.21 Å². The molecule has 1 rings (SSSR count). The van der Waals surface area contributed by atoms with Crippen LogP contribution < -0.4 is 5.73 Å². The largest absolute Gasteiger partial charge is 0.321 e. The number of nitrogens with zero attached hydrogens (tertiary/aromatic N) is 3. The zero-order valence-corrected chi connectivity index (χ0v) is 7.32. The van der Waals surface area contributed by atoms with Gasteiger partial charge in [0.15, 0.2) is 5.82 Å². The fourth-order valence-electron chi connectivity index (χ4n) is 1.07. The Morgan fingerprint density at radius 3 is 2.92 bits per heavy atom. The predicted octanol–water partition coefficient (Wildman–Crippen LogP) is 0.780. The number of nitrogens with one attached hydrogen (secondary N) is 1. The molecule has 1 aromatic heterocycles. The number of H-pyrrole nitrogens is 1. The molecule has 3 N–H and O–H groups in total. The van der Waals surface area contributed by atoms with Crippen molar-refractivity contribution < 1.29 is 0 Å². The van der Waals surface area contributed by atoms with Crippen LogP contribution in [0.1, 0.15) is 44.5 Å². The van der Waals surface area contributed by atoms with Crippen molar-refractivity contribution in [1.82, 2.24) is 20.6 Å². The Kier molecular flexibility index (Phi) is 3.66. The van der Waals surface area contributed by atoms with Gasteiger partial charge in [0.1, 0.15) is 0 Å². The van der Waals surface area contributed by atoms with Gasteiger partial charge in [0.25, 0.3) is 0 Å². The number of tetrazole rings is 1. The molecule has 0 aliphatic carbocycles. The average molecular weight is 169 g/mol. The van der Waals surface area contributed by atoms with Crippen LogP contribution >= 0.6 is 0 Å². The predicted molar refractivity (Wildman–Crippen MR) is 45.2 cm³/mol. The first-order valence-corrected chi connectivity index (χ1v) is 4.33. The molecule has 0 saturated carbocycles. The molecule has 0 bridgehead atoms. The smallest absolute Gasteiger partial charge is 0.191 e. The minimum absolute atomic E-state index is 0.0599. The lowest BCUT2D eigenvalue weighted by molar-refractivity contribution is 0.558. The first-order valence-electron chi connectivity index (χ1n) is 4.33. The van der Waals surface area contributed by atoms with Crippen molar-refractivity contribution in [1.29, 1.82) is 0 Å². The van der Waals surface area contributed by atoms with E-state index in [9.17, 15) is 0 Å². The summed E-state index contributed by atoms with van der Waals surface area (Å²) in [7, 11) is 0. The van der Waals surface area contributed by atoms with Crippen molar-refractivity contribution in [2.75, 3.05) is 0 Å². The maximum Gasteiger partial charge on any atom is 0.191 e. The molecule has 0 fully saturated rings. The van der Waals surface area contributed by atoms with Crippen LogP contribution in [0.3, 0.4) is 0 Å². The summed E-state index contributed by atoms with van der Waals surface area (Å²) >= 11 is 0. The molecule has 0 radical (unpaired) electrons. The van der Waals surface area contributed by atoms with E-state index in [-0.39, 0.29) is 6.04 Å². The highest BCUT2D eigenvalue weighted by Crippen LogP contribution is 2.11. The third-order valence-corrected chi connectivity index (χ3v) is 1.81. The summed E-state index contributed by atoms with van der Waals surface area (Å²) in [5.74, 6) is 0.617. The van der Waals surface area contributed by atoms with Crippen LogP contribution in [0, 0.1) is 0 Å². The molecule has 0 amide bonds. The Labute approximate surface area is 71.7 Å². The fraction of sp³-hybridized carbons (Fsp3) is 0.857. The van der Waals surface area contributed by atoms with E-state index >= 15 is 0 Å². The van der Waals surface area contributed by atoms with Crippen molar-refractivity contribution >= 4 is 0 Å². The molecule has 5 nitrogen and oxygen atoms in total. The first-order chi connectivity index (χ1) is 5.84. The number of aromatic nitrogens is 4. The topological polar surface area (TPSA) is 80.5 Å². The summed E-state index contributed by atoms with van der Waals surface area (Å²) in [6.45, 7) is 2.17. The molecule has 0 spiro atoms. The summed E-state index contributed by atoms with van der Waals surface area (Å²) in [4.78, 5) is 0. The van der Waals surface area contributed by atoms with Gasteiger partial charge in [0, 0.05) is 0 Å². The van der Waals surface area contributed by atoms with E-state index < -0.39 is 0 Å². The third kappa shape index (κ3) is 2.58. The van der Waals surface area contributed by atoms with Gasteiger partial charge in [-0.3, -0.25) is 0 Å². The Bertz CT molecular complexity index is 196. The molecule has 1 unspecified atom stereocenters. The molecule has 68 valence electrons. The number of rotatable bonds is 5. The summed E-state index contributed by atoms with van der Waals surface area (Å²) < 4.78 is 0. The summed E-state index contributed by atoms with van der Waals surface area (Å²) in [5, 5.41) is 13.5. The molecule has 5 heteroatoms. The highest BCUT2D eigenvalue weighted by atomic mass is 15.5. The van der Waals surface area contributed by atoms with E-state index in [1.807, 2.05) is 0 Å². The summed E-state index contributed by atoms with van der Waals surface area (Å²) in [6.07, 6.45) is 4.49. The van der Waals surface area contributed by atoms with Crippen LogP contribution in [0.4, 0.5) is 0 Å². The maximum atomic E-state index is 5.80. The molecule has 1 atom stereocenters. The number of hydrogen-bond donors (Lipinski definition) is 2. The Morgan fingerprint density at radius 2 is 2.33 bits per heavy atom. The van der Waals surface area contributed by atoms with Crippen LogP contribution in [-0.4, -0.2) is 20.6 Å². The van der Waals surface area contributed by atoms with Gasteiger partial charge in [-0.1, -0.05) is 31.4 Å². The van der Waals surface area contributed by atoms with Gasteiger partial charge < -0.3 is 5.73 Å². The van der Waals surface area contributed by atoms with E-state index in [0.717, 1.165) is 12.8 Å². The zero-order chi connectivity index (χ0) is 8.81. The lowest BCUT2D eigenvalue weighted by Gasteiger charge is -2.04. The van der Waals surface area contributed by atoms with E-state index in [1.165, 1.54) is 12.8 Å². The van der Waals surface area contributed by atoms with Gasteiger partial charge >= 0.3 is 0 Å². The van der Waals surface area contributed by atoms with Crippen LogP contribution in [0.2, 0.25) is 0 Å². The van der Waals surface area contributed by atoms with Gasteiger partial charge in [-0.15, -0.1) is 10.2 Å². The molecule has 0 aliphatic heterocycles. The summed E-state index contributed by atoms with van der Waals surface area (Å²) in [5.41, 5.74) is 5.80. The Hall–Kier alpha value is -0.970.